The van der Waals surface area contributed by atoms with E-state index in [9.17, 15) is 0 Å². The summed E-state index contributed by atoms with van der Waals surface area (Å²) in [7, 11) is -0.878. The standard InChI is InChI=1S/C8H21NSi.ClH/c1-8(2,3)9-7-10(4,5)6;/h9H,7H2,1-6H3;1H. The first-order valence-corrected chi connectivity index (χ1v) is 7.66. The molecule has 0 fully saturated rings. The van der Waals surface area contributed by atoms with Crippen molar-refractivity contribution in [1.82, 2.24) is 5.32 Å². The topological polar surface area (TPSA) is 12.0 Å². The molecule has 0 aromatic rings. The van der Waals surface area contributed by atoms with Crippen LogP contribution < -0.4 is 5.32 Å². The molecule has 11 heavy (non-hydrogen) atoms. The molecule has 0 aliphatic heterocycles. The van der Waals surface area contributed by atoms with Gasteiger partial charge in [0.15, 0.2) is 0 Å². The van der Waals surface area contributed by atoms with E-state index in [2.05, 4.69) is 45.7 Å². The van der Waals surface area contributed by atoms with Gasteiger partial charge in [-0.05, 0) is 26.9 Å². The molecule has 0 spiro atoms. The first-order chi connectivity index (χ1) is 4.21. The number of hydrogen-bond acceptors (Lipinski definition) is 1. The van der Waals surface area contributed by atoms with E-state index in [-0.39, 0.29) is 12.4 Å². The molecule has 0 aliphatic rings. The highest BCUT2D eigenvalue weighted by atomic mass is 35.5. The van der Waals surface area contributed by atoms with Gasteiger partial charge in [-0.15, -0.1) is 12.4 Å². The molecule has 0 rings (SSSR count). The molecule has 1 N–H and O–H groups in total. The van der Waals surface area contributed by atoms with Crippen molar-refractivity contribution in [2.75, 3.05) is 6.17 Å². The Hall–Kier alpha value is 0.467. The summed E-state index contributed by atoms with van der Waals surface area (Å²) in [5.74, 6) is 0. The highest BCUT2D eigenvalue weighted by molar-refractivity contribution is 6.76. The van der Waals surface area contributed by atoms with Crippen molar-refractivity contribution in [2.24, 2.45) is 0 Å². The molecule has 0 radical (unpaired) electrons. The second kappa shape index (κ2) is 4.48. The summed E-state index contributed by atoms with van der Waals surface area (Å²) in [5, 5.41) is 3.52. The lowest BCUT2D eigenvalue weighted by molar-refractivity contribution is 0.455. The molecule has 0 saturated carbocycles. The summed E-state index contributed by atoms with van der Waals surface area (Å²) < 4.78 is 0. The maximum atomic E-state index is 3.52. The van der Waals surface area contributed by atoms with Crippen LogP contribution in [0.3, 0.4) is 0 Å². The molecular weight excluding hydrogens is 174 g/mol. The smallest absolute Gasteiger partial charge is 0.0596 e. The Labute approximate surface area is 78.4 Å². The van der Waals surface area contributed by atoms with Gasteiger partial charge in [0.2, 0.25) is 0 Å². The fourth-order valence-electron chi connectivity index (χ4n) is 0.530. The van der Waals surface area contributed by atoms with Gasteiger partial charge in [-0.2, -0.15) is 0 Å². The van der Waals surface area contributed by atoms with E-state index in [0.717, 1.165) is 0 Å². The SMILES string of the molecule is CC(C)(C)NC[Si](C)(C)C.Cl. The Balaban J connectivity index is 0. The minimum atomic E-state index is -0.878. The van der Waals surface area contributed by atoms with E-state index in [1.165, 1.54) is 6.17 Å². The van der Waals surface area contributed by atoms with Gasteiger partial charge in [-0.1, -0.05) is 19.6 Å². The predicted molar refractivity (Wildman–Crippen MR) is 58.3 cm³/mol. The normalized spacial score (nSPS) is 12.5. The highest BCUT2D eigenvalue weighted by Gasteiger charge is 2.16. The van der Waals surface area contributed by atoms with Gasteiger partial charge in [0.25, 0.3) is 0 Å². The van der Waals surface area contributed by atoms with E-state index in [1.807, 2.05) is 0 Å². The van der Waals surface area contributed by atoms with Gasteiger partial charge in [0.1, 0.15) is 0 Å². The van der Waals surface area contributed by atoms with Gasteiger partial charge in [-0.25, -0.2) is 0 Å². The summed E-state index contributed by atoms with van der Waals surface area (Å²) in [6, 6.07) is 0. The van der Waals surface area contributed by atoms with Crippen LogP contribution in [-0.2, 0) is 0 Å². The molecule has 0 heterocycles. The molecule has 70 valence electrons. The monoisotopic (exact) mass is 195 g/mol. The van der Waals surface area contributed by atoms with Gasteiger partial charge in [0.05, 0.1) is 8.07 Å². The van der Waals surface area contributed by atoms with Crippen LogP contribution in [0.15, 0.2) is 0 Å². The first kappa shape index (κ1) is 14.0. The van der Waals surface area contributed by atoms with E-state index in [0.29, 0.717) is 5.54 Å². The van der Waals surface area contributed by atoms with Crippen LogP contribution in [-0.4, -0.2) is 19.8 Å². The number of halogens is 1. The second-order valence-corrected chi connectivity index (χ2v) is 10.6. The van der Waals surface area contributed by atoms with Crippen LogP contribution in [0, 0.1) is 0 Å². The van der Waals surface area contributed by atoms with Crippen LogP contribution in [0.4, 0.5) is 0 Å². The molecule has 0 unspecified atom stereocenters. The number of nitrogens with one attached hydrogen (secondary N) is 1. The summed E-state index contributed by atoms with van der Waals surface area (Å²) in [5.41, 5.74) is 0.292. The Morgan fingerprint density at radius 3 is 1.55 bits per heavy atom. The lowest BCUT2D eigenvalue weighted by Gasteiger charge is -2.26. The van der Waals surface area contributed by atoms with Crippen LogP contribution in [0.1, 0.15) is 20.8 Å². The highest BCUT2D eigenvalue weighted by Crippen LogP contribution is 2.03. The van der Waals surface area contributed by atoms with Crippen LogP contribution >= 0.6 is 12.4 Å². The van der Waals surface area contributed by atoms with E-state index in [1.54, 1.807) is 0 Å². The van der Waals surface area contributed by atoms with Crippen molar-refractivity contribution in [3.63, 3.8) is 0 Å². The Morgan fingerprint density at radius 2 is 1.45 bits per heavy atom. The van der Waals surface area contributed by atoms with Crippen molar-refractivity contribution in [2.45, 2.75) is 46.0 Å². The molecule has 1 nitrogen and oxygen atoms in total. The fraction of sp³-hybridized carbons (Fsp3) is 1.00. The first-order valence-electron chi connectivity index (χ1n) is 3.96. The van der Waals surface area contributed by atoms with Crippen molar-refractivity contribution < 1.29 is 0 Å². The quantitative estimate of drug-likeness (QED) is 0.669. The van der Waals surface area contributed by atoms with Crippen molar-refractivity contribution in [3.05, 3.63) is 0 Å². The third-order valence-corrected chi connectivity index (χ3v) is 2.39. The zero-order valence-corrected chi connectivity index (χ0v) is 10.4. The van der Waals surface area contributed by atoms with Gasteiger partial charge < -0.3 is 5.32 Å². The van der Waals surface area contributed by atoms with Crippen LogP contribution in [0.25, 0.3) is 0 Å². The molecule has 0 amide bonds. The summed E-state index contributed by atoms with van der Waals surface area (Å²) in [4.78, 5) is 0. The lowest BCUT2D eigenvalue weighted by atomic mass is 10.1. The maximum absolute atomic E-state index is 3.52. The number of hydrogen-bond donors (Lipinski definition) is 1. The Morgan fingerprint density at radius 1 is 1.09 bits per heavy atom. The largest absolute Gasteiger partial charge is 0.315 e. The summed E-state index contributed by atoms with van der Waals surface area (Å²) >= 11 is 0. The van der Waals surface area contributed by atoms with Crippen molar-refractivity contribution >= 4 is 20.5 Å². The minimum Gasteiger partial charge on any atom is -0.315 e. The molecule has 0 aromatic carbocycles. The minimum absolute atomic E-state index is 0. The molecule has 0 aliphatic carbocycles. The van der Waals surface area contributed by atoms with E-state index < -0.39 is 8.07 Å². The Bertz CT molecular complexity index is 87.6. The Kier molecular flexibility index (Phi) is 5.71. The third-order valence-electron chi connectivity index (χ3n) is 1.15. The zero-order chi connectivity index (χ0) is 8.41. The fourth-order valence-corrected chi connectivity index (χ4v) is 1.59. The average Bonchev–Trinajstić information content (AvgIpc) is 1.57. The van der Waals surface area contributed by atoms with E-state index in [4.69, 9.17) is 0 Å². The molecular formula is C8H22ClNSi. The molecule has 0 atom stereocenters. The lowest BCUT2D eigenvalue weighted by Crippen LogP contribution is -2.45. The van der Waals surface area contributed by atoms with E-state index >= 15 is 0 Å². The third kappa shape index (κ3) is 13.5. The van der Waals surface area contributed by atoms with Crippen LogP contribution in [0.2, 0.25) is 19.6 Å². The predicted octanol–water partition coefficient (Wildman–Crippen LogP) is 2.67. The maximum Gasteiger partial charge on any atom is 0.0596 e. The molecule has 0 bridgehead atoms. The van der Waals surface area contributed by atoms with Gasteiger partial charge in [-0.3, -0.25) is 0 Å². The molecule has 3 heteroatoms. The van der Waals surface area contributed by atoms with Gasteiger partial charge in [0, 0.05) is 5.54 Å². The van der Waals surface area contributed by atoms with Crippen molar-refractivity contribution in [1.29, 1.82) is 0 Å². The molecule has 0 saturated heterocycles. The zero-order valence-electron chi connectivity index (χ0n) is 8.62. The second-order valence-electron chi connectivity index (χ2n) is 5.16. The van der Waals surface area contributed by atoms with Crippen molar-refractivity contribution in [3.8, 4) is 0 Å². The van der Waals surface area contributed by atoms with Crippen LogP contribution in [0.5, 0.6) is 0 Å². The van der Waals surface area contributed by atoms with Gasteiger partial charge >= 0.3 is 0 Å². The number of rotatable bonds is 2. The summed E-state index contributed by atoms with van der Waals surface area (Å²) in [6.45, 7) is 13.8. The average molecular weight is 196 g/mol. The molecule has 0 aromatic heterocycles. The summed E-state index contributed by atoms with van der Waals surface area (Å²) in [6.07, 6.45) is 1.22.